The fraction of sp³-hybridized carbons (Fsp3) is 0.625. The Bertz CT molecular complexity index is 256. The van der Waals surface area contributed by atoms with Gasteiger partial charge in [0.15, 0.2) is 6.29 Å². The lowest BCUT2D eigenvalue weighted by molar-refractivity contribution is -0.186. The maximum Gasteiger partial charge on any atom is 0.356 e. The van der Waals surface area contributed by atoms with E-state index in [0.29, 0.717) is 6.61 Å². The summed E-state index contributed by atoms with van der Waals surface area (Å²) < 4.78 is 9.49. The van der Waals surface area contributed by atoms with Gasteiger partial charge in [0.1, 0.15) is 0 Å². The van der Waals surface area contributed by atoms with Crippen molar-refractivity contribution in [1.29, 1.82) is 0 Å². The largest absolute Gasteiger partial charge is 0.356 e. The zero-order valence-electron chi connectivity index (χ0n) is 8.14. The molecule has 1 atom stereocenters. The molecule has 84 valence electrons. The molecule has 0 radical (unpaired) electrons. The van der Waals surface area contributed by atoms with Gasteiger partial charge in [-0.25, -0.2) is 19.4 Å². The van der Waals surface area contributed by atoms with Gasteiger partial charge in [-0.2, -0.15) is 0 Å². The molecule has 2 rings (SSSR count). The van der Waals surface area contributed by atoms with Gasteiger partial charge in [0.2, 0.25) is 0 Å². The average molecular weight is 231 g/mol. The minimum atomic E-state index is -0.324. The summed E-state index contributed by atoms with van der Waals surface area (Å²) in [5, 5.41) is 0. The molecule has 2 aliphatic heterocycles. The van der Waals surface area contributed by atoms with Gasteiger partial charge in [-0.05, 0) is 12.8 Å². The highest BCUT2D eigenvalue weighted by Gasteiger charge is 2.19. The van der Waals surface area contributed by atoms with E-state index in [1.807, 2.05) is 0 Å². The molecule has 0 spiro atoms. The normalized spacial score (nSPS) is 25.1. The fourth-order valence-electron chi connectivity index (χ4n) is 1.29. The smallest absolute Gasteiger partial charge is 0.350 e. The van der Waals surface area contributed by atoms with Crippen molar-refractivity contribution in [1.82, 2.24) is 14.5 Å². The first-order valence-corrected chi connectivity index (χ1v) is 5.59. The van der Waals surface area contributed by atoms with E-state index in [4.69, 9.17) is 9.57 Å². The van der Waals surface area contributed by atoms with Gasteiger partial charge < -0.3 is 9.46 Å². The Balaban J connectivity index is 1.67. The molecule has 1 fully saturated rings. The Morgan fingerprint density at radius 3 is 3.27 bits per heavy atom. The molecule has 1 unspecified atom stereocenters. The molecule has 0 aromatic carbocycles. The minimum Gasteiger partial charge on any atom is -0.350 e. The lowest BCUT2D eigenvalue weighted by Crippen LogP contribution is -2.37. The summed E-state index contributed by atoms with van der Waals surface area (Å²) in [6.45, 7) is 0.695. The van der Waals surface area contributed by atoms with E-state index >= 15 is 0 Å². The van der Waals surface area contributed by atoms with Crippen molar-refractivity contribution in [2.24, 2.45) is 0 Å². The van der Waals surface area contributed by atoms with Crippen molar-refractivity contribution in [2.45, 2.75) is 25.6 Å². The molecule has 2 heterocycles. The SMILES string of the molecule is O=C(NOC1CCCCO1)N1C=CNS1. The molecule has 15 heavy (non-hydrogen) atoms. The standard InChI is InChI=1S/C8H13N3O3S/c12-8(11-5-4-9-15-11)10-14-7-3-1-2-6-13-7/h4-5,7,9H,1-3,6H2,(H,10,12). The number of hydroxylamine groups is 1. The minimum absolute atomic E-state index is 0.313. The van der Waals surface area contributed by atoms with Gasteiger partial charge in [-0.15, -0.1) is 0 Å². The van der Waals surface area contributed by atoms with Crippen molar-refractivity contribution >= 4 is 18.2 Å². The number of nitrogens with zero attached hydrogens (tertiary/aromatic N) is 1. The second-order valence-electron chi connectivity index (χ2n) is 3.17. The van der Waals surface area contributed by atoms with Crippen molar-refractivity contribution in [3.05, 3.63) is 12.4 Å². The van der Waals surface area contributed by atoms with Crippen LogP contribution in [0.4, 0.5) is 4.79 Å². The zero-order chi connectivity index (χ0) is 10.5. The number of amides is 2. The number of rotatable bonds is 2. The Hall–Kier alpha value is -0.920. The second-order valence-corrected chi connectivity index (χ2v) is 3.98. The molecule has 1 saturated heterocycles. The number of carbonyl (C=O) groups excluding carboxylic acids is 1. The lowest BCUT2D eigenvalue weighted by atomic mass is 10.2. The van der Waals surface area contributed by atoms with E-state index in [1.54, 1.807) is 12.4 Å². The van der Waals surface area contributed by atoms with Crippen LogP contribution in [0.25, 0.3) is 0 Å². The van der Waals surface area contributed by atoms with Gasteiger partial charge in [-0.1, -0.05) is 0 Å². The van der Waals surface area contributed by atoms with E-state index in [9.17, 15) is 4.79 Å². The van der Waals surface area contributed by atoms with E-state index in [2.05, 4.69) is 10.2 Å². The van der Waals surface area contributed by atoms with E-state index < -0.39 is 0 Å². The monoisotopic (exact) mass is 231 g/mol. The molecule has 7 heteroatoms. The van der Waals surface area contributed by atoms with Crippen LogP contribution in [0.2, 0.25) is 0 Å². The van der Waals surface area contributed by atoms with Gasteiger partial charge in [0, 0.05) is 25.4 Å². The maximum atomic E-state index is 11.4. The van der Waals surface area contributed by atoms with Crippen molar-refractivity contribution in [3.8, 4) is 0 Å². The first-order valence-electron chi connectivity index (χ1n) is 4.82. The highest BCUT2D eigenvalue weighted by atomic mass is 32.2. The van der Waals surface area contributed by atoms with Crippen LogP contribution in [-0.2, 0) is 9.57 Å². The first kappa shape index (κ1) is 10.6. The van der Waals surface area contributed by atoms with Crippen molar-refractivity contribution in [3.63, 3.8) is 0 Å². The van der Waals surface area contributed by atoms with Crippen LogP contribution >= 0.6 is 12.1 Å². The Morgan fingerprint density at radius 1 is 1.67 bits per heavy atom. The molecule has 6 nitrogen and oxygen atoms in total. The third-order valence-electron chi connectivity index (χ3n) is 2.04. The fourth-order valence-corrected chi connectivity index (χ4v) is 1.77. The number of nitrogens with one attached hydrogen (secondary N) is 2. The number of hydrogen-bond donors (Lipinski definition) is 2. The predicted molar refractivity (Wildman–Crippen MR) is 54.9 cm³/mol. The quantitative estimate of drug-likeness (QED) is 0.550. The molecule has 0 bridgehead atoms. The van der Waals surface area contributed by atoms with Gasteiger partial charge in [0.05, 0.1) is 12.1 Å². The predicted octanol–water partition coefficient (Wildman–Crippen LogP) is 1.09. The van der Waals surface area contributed by atoms with Crippen LogP contribution in [0.3, 0.4) is 0 Å². The lowest BCUT2D eigenvalue weighted by Gasteiger charge is -2.22. The van der Waals surface area contributed by atoms with E-state index in [-0.39, 0.29) is 12.3 Å². The Morgan fingerprint density at radius 2 is 2.60 bits per heavy atom. The Labute approximate surface area is 92.2 Å². The van der Waals surface area contributed by atoms with E-state index in [1.165, 1.54) is 16.4 Å². The molecule has 0 aromatic heterocycles. The summed E-state index contributed by atoms with van der Waals surface area (Å²) in [5.41, 5.74) is 2.34. The van der Waals surface area contributed by atoms with Gasteiger partial charge in [-0.3, -0.25) is 0 Å². The number of hydrogen-bond acceptors (Lipinski definition) is 5. The van der Waals surface area contributed by atoms with Crippen LogP contribution in [0.5, 0.6) is 0 Å². The van der Waals surface area contributed by atoms with Crippen LogP contribution in [0, 0.1) is 0 Å². The van der Waals surface area contributed by atoms with Crippen LogP contribution in [0.15, 0.2) is 12.4 Å². The molecule has 0 aromatic rings. The molecule has 2 N–H and O–H groups in total. The number of ether oxygens (including phenoxy) is 1. The molecule has 0 saturated carbocycles. The summed E-state index contributed by atoms with van der Waals surface area (Å²) in [5.74, 6) is 0. The topological polar surface area (TPSA) is 62.8 Å². The first-order chi connectivity index (χ1) is 7.36. The number of carbonyl (C=O) groups is 1. The summed E-state index contributed by atoms with van der Waals surface area (Å²) in [6, 6.07) is -0.324. The molecular weight excluding hydrogens is 218 g/mol. The summed E-state index contributed by atoms with van der Waals surface area (Å²) in [7, 11) is 0. The zero-order valence-corrected chi connectivity index (χ0v) is 8.96. The highest BCUT2D eigenvalue weighted by molar-refractivity contribution is 7.96. The Kier molecular flexibility index (Phi) is 3.70. The van der Waals surface area contributed by atoms with E-state index in [0.717, 1.165) is 19.3 Å². The van der Waals surface area contributed by atoms with Gasteiger partial charge >= 0.3 is 6.03 Å². The van der Waals surface area contributed by atoms with Crippen molar-refractivity contribution < 1.29 is 14.4 Å². The highest BCUT2D eigenvalue weighted by Crippen LogP contribution is 2.14. The van der Waals surface area contributed by atoms with Crippen LogP contribution < -0.4 is 10.2 Å². The molecule has 2 aliphatic rings. The van der Waals surface area contributed by atoms with Crippen molar-refractivity contribution in [2.75, 3.05) is 6.61 Å². The molecule has 0 aliphatic carbocycles. The van der Waals surface area contributed by atoms with Crippen LogP contribution in [0.1, 0.15) is 19.3 Å². The average Bonchev–Trinajstić information content (AvgIpc) is 2.81. The summed E-state index contributed by atoms with van der Waals surface area (Å²) >= 11 is 1.18. The molecular formula is C8H13N3O3S. The third-order valence-corrected chi connectivity index (χ3v) is 2.77. The second kappa shape index (κ2) is 5.24. The van der Waals surface area contributed by atoms with Gasteiger partial charge in [0.25, 0.3) is 0 Å². The number of urea groups is 1. The third kappa shape index (κ3) is 3.01. The summed E-state index contributed by atoms with van der Waals surface area (Å²) in [4.78, 5) is 16.5. The summed E-state index contributed by atoms with van der Waals surface area (Å²) in [6.07, 6.45) is 5.92. The molecule has 2 amide bonds. The maximum absolute atomic E-state index is 11.4. The van der Waals surface area contributed by atoms with Crippen LogP contribution in [-0.4, -0.2) is 23.2 Å².